The second kappa shape index (κ2) is 5.99. The average Bonchev–Trinajstić information content (AvgIpc) is 3.27. The quantitative estimate of drug-likeness (QED) is 0.473. The number of nitrogens with one attached hydrogen (secondary N) is 1. The second-order valence-corrected chi connectivity index (χ2v) is 9.86. The fourth-order valence-corrected chi connectivity index (χ4v) is 6.67. The molecule has 0 saturated heterocycles. The highest BCUT2D eigenvalue weighted by atomic mass is 32.1. The van der Waals surface area contributed by atoms with Crippen molar-refractivity contribution in [2.24, 2.45) is 16.2 Å². The summed E-state index contributed by atoms with van der Waals surface area (Å²) >= 11 is 1.38. The van der Waals surface area contributed by atoms with Crippen LogP contribution in [0.2, 0.25) is 0 Å². The van der Waals surface area contributed by atoms with Crippen molar-refractivity contribution in [1.29, 1.82) is 0 Å². The summed E-state index contributed by atoms with van der Waals surface area (Å²) in [5.41, 5.74) is -1.61. The number of carbonyl (C=O) groups is 4. The molecule has 3 aliphatic carbocycles. The van der Waals surface area contributed by atoms with Gasteiger partial charge in [-0.25, -0.2) is 4.79 Å². The molecular formula is C21H25NO5S. The van der Waals surface area contributed by atoms with Crippen LogP contribution >= 0.6 is 11.3 Å². The highest BCUT2D eigenvalue weighted by molar-refractivity contribution is 7.17. The van der Waals surface area contributed by atoms with Gasteiger partial charge in [-0.15, -0.1) is 11.3 Å². The molecule has 1 amide bonds. The number of aryl methyl sites for hydroxylation is 1. The van der Waals surface area contributed by atoms with E-state index >= 15 is 0 Å². The summed E-state index contributed by atoms with van der Waals surface area (Å²) in [4.78, 5) is 52.6. The number of rotatable bonds is 4. The number of hydrogen-bond acceptors (Lipinski definition) is 6. The number of carbonyl (C=O) groups excluding carboxylic acids is 4. The number of amides is 1. The highest BCUT2D eigenvalue weighted by Crippen LogP contribution is 2.69. The first kappa shape index (κ1) is 19.3. The van der Waals surface area contributed by atoms with Crippen molar-refractivity contribution in [1.82, 2.24) is 0 Å². The Hall–Kier alpha value is -2.02. The molecule has 2 atom stereocenters. The molecule has 0 aromatic carbocycles. The Morgan fingerprint density at radius 1 is 1.11 bits per heavy atom. The normalized spacial score (nSPS) is 29.9. The van der Waals surface area contributed by atoms with Gasteiger partial charge in [-0.1, -0.05) is 20.8 Å². The highest BCUT2D eigenvalue weighted by Gasteiger charge is 2.77. The molecule has 2 bridgehead atoms. The third-order valence-electron chi connectivity index (χ3n) is 7.56. The molecule has 7 heteroatoms. The van der Waals surface area contributed by atoms with Crippen molar-refractivity contribution in [3.05, 3.63) is 16.0 Å². The lowest BCUT2D eigenvalue weighted by atomic mass is 9.64. The molecule has 28 heavy (non-hydrogen) atoms. The van der Waals surface area contributed by atoms with Gasteiger partial charge in [-0.3, -0.25) is 14.4 Å². The third kappa shape index (κ3) is 2.08. The zero-order valence-electron chi connectivity index (χ0n) is 16.7. The number of thiophene rings is 1. The number of ketones is 2. The van der Waals surface area contributed by atoms with E-state index in [0.29, 0.717) is 23.4 Å². The van der Waals surface area contributed by atoms with Gasteiger partial charge < -0.3 is 10.1 Å². The van der Waals surface area contributed by atoms with Crippen LogP contribution in [0, 0.1) is 16.2 Å². The van der Waals surface area contributed by atoms with Crippen molar-refractivity contribution < 1.29 is 23.9 Å². The Balaban J connectivity index is 1.73. The Bertz CT molecular complexity index is 929. The van der Waals surface area contributed by atoms with Crippen molar-refractivity contribution in [2.75, 3.05) is 11.9 Å². The van der Waals surface area contributed by atoms with Crippen molar-refractivity contribution in [3.8, 4) is 0 Å². The molecule has 0 radical (unpaired) electrons. The second-order valence-electron chi connectivity index (χ2n) is 8.76. The molecule has 1 N–H and O–H groups in total. The molecule has 3 aliphatic rings. The van der Waals surface area contributed by atoms with E-state index in [1.807, 2.05) is 13.8 Å². The number of fused-ring (bicyclic) bond motifs is 3. The van der Waals surface area contributed by atoms with Crippen molar-refractivity contribution in [3.63, 3.8) is 0 Å². The average molecular weight is 404 g/mol. The largest absolute Gasteiger partial charge is 0.462 e. The minimum atomic E-state index is -1.38. The smallest absolute Gasteiger partial charge is 0.341 e. The summed E-state index contributed by atoms with van der Waals surface area (Å²) in [6.07, 6.45) is 3.50. The van der Waals surface area contributed by atoms with Gasteiger partial charge in [0.15, 0.2) is 0 Å². The fourth-order valence-electron chi connectivity index (χ4n) is 5.39. The third-order valence-corrected chi connectivity index (χ3v) is 8.76. The van der Waals surface area contributed by atoms with Crippen molar-refractivity contribution >= 4 is 39.8 Å². The lowest BCUT2D eigenvalue weighted by Gasteiger charge is -2.37. The summed E-state index contributed by atoms with van der Waals surface area (Å²) < 4.78 is 5.21. The Morgan fingerprint density at radius 2 is 1.82 bits per heavy atom. The Morgan fingerprint density at radius 3 is 2.43 bits per heavy atom. The molecule has 1 aromatic heterocycles. The van der Waals surface area contributed by atoms with Gasteiger partial charge in [-0.05, 0) is 50.0 Å². The van der Waals surface area contributed by atoms with Crippen LogP contribution < -0.4 is 5.32 Å². The summed E-state index contributed by atoms with van der Waals surface area (Å²) in [5.74, 6) is -1.95. The van der Waals surface area contributed by atoms with Crippen LogP contribution in [0.4, 0.5) is 5.00 Å². The standard InChI is InChI=1S/C21H25NO5S/c1-5-27-17(25)13-11-7-6-8-12(11)28-16(13)22-18(26)21-10-9-20(4,19(21,2)3)14(23)15(21)24/h5-10H2,1-4H3,(H,22,26). The maximum atomic E-state index is 13.4. The van der Waals surface area contributed by atoms with Crippen LogP contribution in [0.25, 0.3) is 0 Å². The fraction of sp³-hybridized carbons (Fsp3) is 0.619. The number of Topliss-reactive ketones (excluding diaryl/α,β-unsaturated/α-hetero) is 2. The van der Waals surface area contributed by atoms with E-state index in [9.17, 15) is 19.2 Å². The van der Waals surface area contributed by atoms with Crippen LogP contribution in [0.3, 0.4) is 0 Å². The molecule has 0 spiro atoms. The van der Waals surface area contributed by atoms with E-state index in [1.165, 1.54) is 11.3 Å². The lowest BCUT2D eigenvalue weighted by molar-refractivity contribution is -0.147. The molecular weight excluding hydrogens is 378 g/mol. The van der Waals surface area contributed by atoms with Crippen LogP contribution in [0.5, 0.6) is 0 Å². The molecule has 0 aliphatic heterocycles. The zero-order valence-corrected chi connectivity index (χ0v) is 17.5. The molecule has 1 aromatic rings. The van der Waals surface area contributed by atoms with Gasteiger partial charge in [0.25, 0.3) is 0 Å². The predicted octanol–water partition coefficient (Wildman–Crippen LogP) is 3.32. The summed E-state index contributed by atoms with van der Waals surface area (Å²) in [5, 5.41) is 3.31. The van der Waals surface area contributed by atoms with E-state index in [-0.39, 0.29) is 6.61 Å². The maximum absolute atomic E-state index is 13.4. The van der Waals surface area contributed by atoms with Gasteiger partial charge in [0.1, 0.15) is 10.4 Å². The van der Waals surface area contributed by atoms with E-state index in [0.717, 1.165) is 29.7 Å². The number of esters is 1. The number of hydrogen-bond donors (Lipinski definition) is 1. The first-order valence-corrected chi connectivity index (χ1v) is 10.7. The first-order valence-electron chi connectivity index (χ1n) is 9.84. The predicted molar refractivity (Wildman–Crippen MR) is 104 cm³/mol. The van der Waals surface area contributed by atoms with Gasteiger partial charge in [-0.2, -0.15) is 0 Å². The molecule has 2 unspecified atom stereocenters. The minimum absolute atomic E-state index is 0.249. The van der Waals surface area contributed by atoms with E-state index in [2.05, 4.69) is 5.32 Å². The van der Waals surface area contributed by atoms with Crippen LogP contribution in [-0.4, -0.2) is 30.0 Å². The molecule has 6 nitrogen and oxygen atoms in total. The van der Waals surface area contributed by atoms with Gasteiger partial charge in [0, 0.05) is 10.3 Å². The zero-order chi connectivity index (χ0) is 20.5. The van der Waals surface area contributed by atoms with Gasteiger partial charge in [0.05, 0.1) is 12.2 Å². The monoisotopic (exact) mass is 403 g/mol. The summed E-state index contributed by atoms with van der Waals surface area (Å²) in [6.45, 7) is 7.45. The number of anilines is 1. The van der Waals surface area contributed by atoms with E-state index in [1.54, 1.807) is 13.8 Å². The molecule has 2 saturated carbocycles. The Labute approximate surface area is 168 Å². The van der Waals surface area contributed by atoms with Crippen LogP contribution in [0.1, 0.15) is 67.8 Å². The van der Waals surface area contributed by atoms with Gasteiger partial charge >= 0.3 is 5.97 Å². The lowest BCUT2D eigenvalue weighted by Crippen LogP contribution is -2.47. The maximum Gasteiger partial charge on any atom is 0.341 e. The molecule has 1 heterocycles. The van der Waals surface area contributed by atoms with Crippen LogP contribution in [-0.2, 0) is 32.0 Å². The molecule has 150 valence electrons. The van der Waals surface area contributed by atoms with Gasteiger partial charge in [0.2, 0.25) is 17.5 Å². The topological polar surface area (TPSA) is 89.5 Å². The van der Waals surface area contributed by atoms with E-state index < -0.39 is 39.7 Å². The number of ether oxygens (including phenoxy) is 1. The minimum Gasteiger partial charge on any atom is -0.462 e. The first-order chi connectivity index (χ1) is 13.1. The summed E-state index contributed by atoms with van der Waals surface area (Å²) in [7, 11) is 0. The van der Waals surface area contributed by atoms with Crippen LogP contribution in [0.15, 0.2) is 0 Å². The summed E-state index contributed by atoms with van der Waals surface area (Å²) in [6, 6.07) is 0. The van der Waals surface area contributed by atoms with Crippen molar-refractivity contribution in [2.45, 2.75) is 59.8 Å². The molecule has 2 fully saturated rings. The molecule has 4 rings (SSSR count). The Kier molecular flexibility index (Phi) is 4.13. The SMILES string of the molecule is CCOC(=O)c1c(NC(=O)C23CCC(C)(C(=O)C2=O)C3(C)C)sc2c1CCC2. The van der Waals surface area contributed by atoms with E-state index in [4.69, 9.17) is 4.74 Å².